The van der Waals surface area contributed by atoms with Gasteiger partial charge in [-0.2, -0.15) is 4.98 Å². The molecule has 0 fully saturated rings. The van der Waals surface area contributed by atoms with Crippen molar-refractivity contribution < 1.29 is 5.11 Å². The van der Waals surface area contributed by atoms with E-state index in [0.717, 1.165) is 43.4 Å². The van der Waals surface area contributed by atoms with Crippen molar-refractivity contribution in [1.82, 2.24) is 19.5 Å². The molecule has 0 saturated heterocycles. The van der Waals surface area contributed by atoms with Gasteiger partial charge in [-0.25, -0.2) is 9.78 Å². The third-order valence-electron chi connectivity index (χ3n) is 4.11. The van der Waals surface area contributed by atoms with E-state index < -0.39 is 6.10 Å². The van der Waals surface area contributed by atoms with E-state index in [9.17, 15) is 9.90 Å². The summed E-state index contributed by atoms with van der Waals surface area (Å²) in [6.45, 7) is 7.06. The molecule has 0 aliphatic heterocycles. The number of hydrogen-bond donors (Lipinski definition) is 3. The maximum absolute atomic E-state index is 12.3. The van der Waals surface area contributed by atoms with Crippen molar-refractivity contribution in [3.63, 3.8) is 0 Å². The molecule has 3 N–H and O–H groups in total. The van der Waals surface area contributed by atoms with E-state index >= 15 is 0 Å². The predicted molar refractivity (Wildman–Crippen MR) is 96.5 cm³/mol. The fourth-order valence-corrected chi connectivity index (χ4v) is 2.65. The van der Waals surface area contributed by atoms with E-state index in [4.69, 9.17) is 0 Å². The molecule has 0 aliphatic rings. The number of fused-ring (bicyclic) bond motifs is 1. The van der Waals surface area contributed by atoms with Crippen molar-refractivity contribution >= 4 is 17.0 Å². The molecule has 7 nitrogen and oxygen atoms in total. The van der Waals surface area contributed by atoms with Crippen LogP contribution in [-0.2, 0) is 13.0 Å². The lowest BCUT2D eigenvalue weighted by Gasteiger charge is -2.11. The van der Waals surface area contributed by atoms with E-state index in [1.165, 1.54) is 0 Å². The Bertz CT molecular complexity index is 707. The van der Waals surface area contributed by atoms with Crippen LogP contribution < -0.4 is 11.0 Å². The summed E-state index contributed by atoms with van der Waals surface area (Å²) in [6.07, 6.45) is 5.27. The highest BCUT2D eigenvalue weighted by molar-refractivity contribution is 5.83. The number of aliphatic hydroxyl groups excluding tert-OH is 1. The van der Waals surface area contributed by atoms with E-state index in [1.54, 1.807) is 4.57 Å². The maximum atomic E-state index is 12.3. The largest absolute Gasteiger partial charge is 0.391 e. The number of aliphatic hydroxyl groups is 1. The molecule has 7 heteroatoms. The number of nitrogens with zero attached hydrogens (tertiary/aromatic N) is 3. The quantitative estimate of drug-likeness (QED) is 0.580. The third kappa shape index (κ3) is 4.35. The monoisotopic (exact) mass is 335 g/mol. The minimum Gasteiger partial charge on any atom is -0.391 e. The summed E-state index contributed by atoms with van der Waals surface area (Å²) in [7, 11) is 0. The molecule has 2 heterocycles. The van der Waals surface area contributed by atoms with Crippen LogP contribution in [0.4, 0.5) is 5.82 Å². The molecule has 0 saturated carbocycles. The summed E-state index contributed by atoms with van der Waals surface area (Å²) in [5.74, 6) is 1.36. The van der Waals surface area contributed by atoms with E-state index in [-0.39, 0.29) is 5.69 Å². The number of nitrogens with one attached hydrogen (secondary N) is 2. The van der Waals surface area contributed by atoms with Crippen LogP contribution in [0.15, 0.2) is 4.79 Å². The topological polar surface area (TPSA) is 95.8 Å². The standard InChI is InChI=1S/C17H29N5O2/c1-4-7-8-9-13-19-14-15(18-11-12(23)6-3)21-17(24)22(10-5-2)16(14)20-13/h12,23H,4-11H2,1-3H3,(H,19,20)(H,18,21,24). The maximum Gasteiger partial charge on any atom is 0.351 e. The van der Waals surface area contributed by atoms with Crippen molar-refractivity contribution in [2.75, 3.05) is 11.9 Å². The fraction of sp³-hybridized carbons (Fsp3) is 0.706. The molecule has 2 rings (SSSR count). The zero-order valence-corrected chi connectivity index (χ0v) is 14.9. The predicted octanol–water partition coefficient (Wildman–Crippen LogP) is 2.45. The number of aromatic amines is 1. The van der Waals surface area contributed by atoms with Crippen LogP contribution in [-0.4, -0.2) is 37.3 Å². The molecule has 0 radical (unpaired) electrons. The Morgan fingerprint density at radius 2 is 2.00 bits per heavy atom. The Balaban J connectivity index is 2.38. The molecule has 0 aliphatic carbocycles. The van der Waals surface area contributed by atoms with Gasteiger partial charge < -0.3 is 15.4 Å². The van der Waals surface area contributed by atoms with Gasteiger partial charge >= 0.3 is 5.69 Å². The number of aryl methyl sites for hydroxylation is 2. The lowest BCUT2D eigenvalue weighted by Crippen LogP contribution is -2.26. The van der Waals surface area contributed by atoms with Gasteiger partial charge in [-0.15, -0.1) is 0 Å². The molecule has 2 aromatic rings. The summed E-state index contributed by atoms with van der Waals surface area (Å²) < 4.78 is 1.62. The average molecular weight is 335 g/mol. The van der Waals surface area contributed by atoms with E-state index in [0.29, 0.717) is 31.0 Å². The SMILES string of the molecule is CCCCCc1nc2c([nH]1)c(NCC(O)CC)nc(=O)n2CCC. The second-order valence-electron chi connectivity index (χ2n) is 6.18. The molecular formula is C17H29N5O2. The Morgan fingerprint density at radius 1 is 1.21 bits per heavy atom. The number of anilines is 1. The molecule has 0 amide bonds. The van der Waals surface area contributed by atoms with Gasteiger partial charge in [-0.1, -0.05) is 33.6 Å². The van der Waals surface area contributed by atoms with Gasteiger partial charge in [0.15, 0.2) is 11.5 Å². The summed E-state index contributed by atoms with van der Waals surface area (Å²) in [5, 5.41) is 12.8. The number of rotatable bonds is 10. The molecule has 134 valence electrons. The summed E-state index contributed by atoms with van der Waals surface area (Å²) in [5.41, 5.74) is 1.10. The molecule has 0 bridgehead atoms. The van der Waals surface area contributed by atoms with Gasteiger partial charge in [0, 0.05) is 19.5 Å². The third-order valence-corrected chi connectivity index (χ3v) is 4.11. The van der Waals surface area contributed by atoms with Crippen LogP contribution in [0.5, 0.6) is 0 Å². The smallest absolute Gasteiger partial charge is 0.351 e. The van der Waals surface area contributed by atoms with Gasteiger partial charge in [0.25, 0.3) is 0 Å². The van der Waals surface area contributed by atoms with Crippen LogP contribution >= 0.6 is 0 Å². The van der Waals surface area contributed by atoms with Crippen molar-refractivity contribution in [3.8, 4) is 0 Å². The Labute approximate surface area is 142 Å². The molecule has 0 aromatic carbocycles. The van der Waals surface area contributed by atoms with Gasteiger partial charge in [-0.3, -0.25) is 4.57 Å². The van der Waals surface area contributed by atoms with Crippen molar-refractivity contribution in [2.24, 2.45) is 0 Å². The lowest BCUT2D eigenvalue weighted by atomic mass is 10.2. The highest BCUT2D eigenvalue weighted by Gasteiger charge is 2.15. The molecule has 2 aromatic heterocycles. The highest BCUT2D eigenvalue weighted by atomic mass is 16.3. The average Bonchev–Trinajstić information content (AvgIpc) is 3.00. The molecule has 0 spiro atoms. The van der Waals surface area contributed by atoms with Crippen LogP contribution in [0.2, 0.25) is 0 Å². The van der Waals surface area contributed by atoms with Gasteiger partial charge in [0.2, 0.25) is 0 Å². The Hall–Kier alpha value is -1.89. The van der Waals surface area contributed by atoms with Crippen molar-refractivity contribution in [2.45, 2.75) is 71.9 Å². The first-order chi connectivity index (χ1) is 11.6. The number of H-pyrrole nitrogens is 1. The van der Waals surface area contributed by atoms with E-state index in [2.05, 4.69) is 27.2 Å². The van der Waals surface area contributed by atoms with Crippen LogP contribution in [0.3, 0.4) is 0 Å². The number of aromatic nitrogens is 4. The molecule has 24 heavy (non-hydrogen) atoms. The Morgan fingerprint density at radius 3 is 2.67 bits per heavy atom. The van der Waals surface area contributed by atoms with Crippen LogP contribution in [0.25, 0.3) is 11.2 Å². The van der Waals surface area contributed by atoms with Crippen molar-refractivity contribution in [3.05, 3.63) is 16.3 Å². The van der Waals surface area contributed by atoms with Gasteiger partial charge in [-0.05, 0) is 19.3 Å². The van der Waals surface area contributed by atoms with Crippen molar-refractivity contribution in [1.29, 1.82) is 0 Å². The minimum atomic E-state index is -0.466. The molecule has 1 atom stereocenters. The Kier molecular flexibility index (Phi) is 6.78. The second-order valence-corrected chi connectivity index (χ2v) is 6.18. The van der Waals surface area contributed by atoms with Crippen LogP contribution in [0.1, 0.15) is 58.7 Å². The minimum absolute atomic E-state index is 0.301. The van der Waals surface area contributed by atoms with Gasteiger partial charge in [0.05, 0.1) is 6.10 Å². The summed E-state index contributed by atoms with van der Waals surface area (Å²) in [6, 6.07) is 0. The van der Waals surface area contributed by atoms with E-state index in [1.807, 2.05) is 13.8 Å². The summed E-state index contributed by atoms with van der Waals surface area (Å²) in [4.78, 5) is 24.4. The number of imidazole rings is 1. The normalized spacial score (nSPS) is 12.7. The van der Waals surface area contributed by atoms with Gasteiger partial charge in [0.1, 0.15) is 11.3 Å². The first-order valence-corrected chi connectivity index (χ1v) is 9.02. The first-order valence-electron chi connectivity index (χ1n) is 9.02. The highest BCUT2D eigenvalue weighted by Crippen LogP contribution is 2.19. The zero-order chi connectivity index (χ0) is 17.5. The fourth-order valence-electron chi connectivity index (χ4n) is 2.65. The number of unbranched alkanes of at least 4 members (excludes halogenated alkanes) is 2. The lowest BCUT2D eigenvalue weighted by molar-refractivity contribution is 0.183. The zero-order valence-electron chi connectivity index (χ0n) is 14.9. The second kappa shape index (κ2) is 8.82. The first kappa shape index (κ1) is 18.4. The number of hydrogen-bond acceptors (Lipinski definition) is 5. The summed E-state index contributed by atoms with van der Waals surface area (Å²) >= 11 is 0. The molecule has 1 unspecified atom stereocenters. The van der Waals surface area contributed by atoms with Crippen LogP contribution in [0, 0.1) is 0 Å². The molecular weight excluding hydrogens is 306 g/mol.